The van der Waals surface area contributed by atoms with Crippen LogP contribution in [0.15, 0.2) is 0 Å². The Morgan fingerprint density at radius 2 is 2.16 bits per heavy atom. The zero-order valence-electron chi connectivity index (χ0n) is 11.6. The largest absolute Gasteiger partial charge is 0.392 e. The molecule has 2 aliphatic rings. The van der Waals surface area contributed by atoms with Crippen LogP contribution in [0.4, 0.5) is 0 Å². The monoisotopic (exact) mass is 265 g/mol. The van der Waals surface area contributed by atoms with Gasteiger partial charge in [0.05, 0.1) is 18.7 Å². The van der Waals surface area contributed by atoms with E-state index in [2.05, 4.69) is 6.07 Å². The van der Waals surface area contributed by atoms with Crippen LogP contribution in [0, 0.1) is 11.3 Å². The summed E-state index contributed by atoms with van der Waals surface area (Å²) in [7, 11) is 1.75. The number of carbonyl (C=O) groups excluding carboxylic acids is 1. The maximum atomic E-state index is 12.3. The van der Waals surface area contributed by atoms with Crippen molar-refractivity contribution in [3.63, 3.8) is 0 Å². The van der Waals surface area contributed by atoms with Crippen LogP contribution in [0.25, 0.3) is 0 Å². The third-order valence-electron chi connectivity index (χ3n) is 4.51. The zero-order valence-corrected chi connectivity index (χ0v) is 11.6. The van der Waals surface area contributed by atoms with Crippen molar-refractivity contribution in [3.8, 4) is 6.07 Å². The van der Waals surface area contributed by atoms with E-state index in [1.807, 2.05) is 4.90 Å². The molecule has 1 saturated carbocycles. The number of amides is 1. The average Bonchev–Trinajstić information content (AvgIpc) is 2.84. The summed E-state index contributed by atoms with van der Waals surface area (Å²) in [6, 6.07) is 2.37. The first-order chi connectivity index (χ1) is 9.07. The Labute approximate surface area is 114 Å². The fourth-order valence-corrected chi connectivity index (χ4v) is 3.15. The molecule has 1 heterocycles. The summed E-state index contributed by atoms with van der Waals surface area (Å²) in [4.78, 5) is 15.9. The quantitative estimate of drug-likeness (QED) is 0.817. The summed E-state index contributed by atoms with van der Waals surface area (Å²) in [5.74, 6) is -0.00227. The number of β-amino-alcohol motifs (C(OH)–C–C–N with tert-alkyl or cyclic N) is 1. The van der Waals surface area contributed by atoms with Gasteiger partial charge in [-0.3, -0.25) is 9.69 Å². The SMILES string of the molecule is CN(C(=O)CN1CCC(O)C1)C1(C#N)CCCCC1. The number of aliphatic hydroxyl groups excluding tert-OH is 1. The van der Waals surface area contributed by atoms with E-state index >= 15 is 0 Å². The van der Waals surface area contributed by atoms with Gasteiger partial charge < -0.3 is 10.0 Å². The topological polar surface area (TPSA) is 67.6 Å². The summed E-state index contributed by atoms with van der Waals surface area (Å²) in [6.07, 6.45) is 5.20. The molecule has 0 aromatic heterocycles. The van der Waals surface area contributed by atoms with Gasteiger partial charge in [0.2, 0.25) is 5.91 Å². The van der Waals surface area contributed by atoms with E-state index in [-0.39, 0.29) is 12.0 Å². The van der Waals surface area contributed by atoms with E-state index in [4.69, 9.17) is 0 Å². The maximum Gasteiger partial charge on any atom is 0.237 e. The highest BCUT2D eigenvalue weighted by Gasteiger charge is 2.39. The molecule has 5 nitrogen and oxygen atoms in total. The van der Waals surface area contributed by atoms with E-state index < -0.39 is 5.54 Å². The van der Waals surface area contributed by atoms with Crippen LogP contribution in [0.3, 0.4) is 0 Å². The highest BCUT2D eigenvalue weighted by molar-refractivity contribution is 5.79. The Morgan fingerprint density at radius 1 is 1.47 bits per heavy atom. The second-order valence-electron chi connectivity index (χ2n) is 5.83. The first kappa shape index (κ1) is 14.3. The fourth-order valence-electron chi connectivity index (χ4n) is 3.15. The molecule has 5 heteroatoms. The molecule has 1 aliphatic carbocycles. The van der Waals surface area contributed by atoms with Gasteiger partial charge in [-0.1, -0.05) is 19.3 Å². The molecule has 2 fully saturated rings. The van der Waals surface area contributed by atoms with Crippen LogP contribution < -0.4 is 0 Å². The Morgan fingerprint density at radius 3 is 2.68 bits per heavy atom. The lowest BCUT2D eigenvalue weighted by molar-refractivity contribution is -0.135. The van der Waals surface area contributed by atoms with Crippen molar-refractivity contribution >= 4 is 5.91 Å². The van der Waals surface area contributed by atoms with Gasteiger partial charge in [-0.05, 0) is 19.3 Å². The lowest BCUT2D eigenvalue weighted by Crippen LogP contribution is -2.52. The van der Waals surface area contributed by atoms with E-state index in [0.29, 0.717) is 13.1 Å². The van der Waals surface area contributed by atoms with Crippen LogP contribution in [-0.4, -0.2) is 59.1 Å². The van der Waals surface area contributed by atoms with E-state index in [0.717, 1.165) is 45.1 Å². The second-order valence-corrected chi connectivity index (χ2v) is 5.83. The number of likely N-dealkylation sites (tertiary alicyclic amines) is 1. The fraction of sp³-hybridized carbons (Fsp3) is 0.857. The second kappa shape index (κ2) is 5.89. The number of likely N-dealkylation sites (N-methyl/N-ethyl adjacent to an activating group) is 1. The molecule has 1 saturated heterocycles. The Kier molecular flexibility index (Phi) is 4.43. The van der Waals surface area contributed by atoms with Crippen molar-refractivity contribution in [1.29, 1.82) is 5.26 Å². The van der Waals surface area contributed by atoms with Crippen LogP contribution in [-0.2, 0) is 4.79 Å². The molecule has 0 aromatic carbocycles. The molecule has 0 spiro atoms. The first-order valence-electron chi connectivity index (χ1n) is 7.16. The average molecular weight is 265 g/mol. The highest BCUT2D eigenvalue weighted by atomic mass is 16.3. The summed E-state index contributed by atoms with van der Waals surface area (Å²) in [5, 5.41) is 18.9. The minimum atomic E-state index is -0.603. The van der Waals surface area contributed by atoms with E-state index in [1.165, 1.54) is 0 Å². The number of hydrogen-bond donors (Lipinski definition) is 1. The predicted octanol–water partition coefficient (Wildman–Crippen LogP) is 0.738. The van der Waals surface area contributed by atoms with Gasteiger partial charge in [0, 0.05) is 20.1 Å². The smallest absolute Gasteiger partial charge is 0.237 e. The maximum absolute atomic E-state index is 12.3. The number of nitrogens with zero attached hydrogens (tertiary/aromatic N) is 3. The Hall–Kier alpha value is -1.12. The van der Waals surface area contributed by atoms with Gasteiger partial charge in [0.15, 0.2) is 0 Å². The summed E-state index contributed by atoms with van der Waals surface area (Å²) < 4.78 is 0. The van der Waals surface area contributed by atoms with Gasteiger partial charge >= 0.3 is 0 Å². The zero-order chi connectivity index (χ0) is 13.9. The standard InChI is InChI=1S/C14H23N3O2/c1-16(14(11-15)6-3-2-4-7-14)13(19)10-17-8-5-12(18)9-17/h12,18H,2-10H2,1H3. The highest BCUT2D eigenvalue weighted by Crippen LogP contribution is 2.32. The molecular formula is C14H23N3O2. The van der Waals surface area contributed by atoms with Crippen LogP contribution in [0.2, 0.25) is 0 Å². The van der Waals surface area contributed by atoms with Crippen molar-refractivity contribution in [2.45, 2.75) is 50.2 Å². The van der Waals surface area contributed by atoms with E-state index in [9.17, 15) is 15.2 Å². The molecule has 0 bridgehead atoms. The van der Waals surface area contributed by atoms with Crippen molar-refractivity contribution in [3.05, 3.63) is 0 Å². The minimum Gasteiger partial charge on any atom is -0.392 e. The molecule has 1 amide bonds. The lowest BCUT2D eigenvalue weighted by Gasteiger charge is -2.39. The molecule has 1 N–H and O–H groups in total. The van der Waals surface area contributed by atoms with Gasteiger partial charge in [0.1, 0.15) is 5.54 Å². The summed E-state index contributed by atoms with van der Waals surface area (Å²) in [6.45, 7) is 1.65. The third kappa shape index (κ3) is 3.07. The van der Waals surface area contributed by atoms with Crippen molar-refractivity contribution in [2.24, 2.45) is 0 Å². The molecule has 1 aliphatic heterocycles. The van der Waals surface area contributed by atoms with Crippen LogP contribution in [0.5, 0.6) is 0 Å². The molecular weight excluding hydrogens is 242 g/mol. The van der Waals surface area contributed by atoms with Crippen LogP contribution >= 0.6 is 0 Å². The summed E-state index contributed by atoms with van der Waals surface area (Å²) >= 11 is 0. The number of nitriles is 1. The molecule has 1 unspecified atom stereocenters. The third-order valence-corrected chi connectivity index (χ3v) is 4.51. The van der Waals surface area contributed by atoms with E-state index in [1.54, 1.807) is 11.9 Å². The number of hydrogen-bond acceptors (Lipinski definition) is 4. The molecule has 1 atom stereocenters. The van der Waals surface area contributed by atoms with Crippen molar-refractivity contribution < 1.29 is 9.90 Å². The van der Waals surface area contributed by atoms with Gasteiger partial charge in [0.25, 0.3) is 0 Å². The molecule has 106 valence electrons. The van der Waals surface area contributed by atoms with Gasteiger partial charge in [-0.2, -0.15) is 5.26 Å². The molecule has 2 rings (SSSR count). The van der Waals surface area contributed by atoms with Crippen molar-refractivity contribution in [1.82, 2.24) is 9.80 Å². The normalized spacial score (nSPS) is 26.9. The first-order valence-corrected chi connectivity index (χ1v) is 7.16. The number of aliphatic hydroxyl groups is 1. The summed E-state index contributed by atoms with van der Waals surface area (Å²) in [5.41, 5.74) is -0.603. The predicted molar refractivity (Wildman–Crippen MR) is 71.3 cm³/mol. The molecule has 19 heavy (non-hydrogen) atoms. The Bertz CT molecular complexity index is 371. The van der Waals surface area contributed by atoms with Crippen molar-refractivity contribution in [2.75, 3.05) is 26.7 Å². The molecule has 0 aromatic rings. The van der Waals surface area contributed by atoms with Crippen LogP contribution in [0.1, 0.15) is 38.5 Å². The van der Waals surface area contributed by atoms with Gasteiger partial charge in [-0.15, -0.1) is 0 Å². The van der Waals surface area contributed by atoms with Gasteiger partial charge in [-0.25, -0.2) is 0 Å². The lowest BCUT2D eigenvalue weighted by atomic mass is 9.81. The number of rotatable bonds is 3. The molecule has 0 radical (unpaired) electrons. The minimum absolute atomic E-state index is 0.00227. The Balaban J connectivity index is 1.95. The number of carbonyl (C=O) groups is 1.